The van der Waals surface area contributed by atoms with E-state index in [1.54, 1.807) is 12.3 Å². The van der Waals surface area contributed by atoms with Crippen LogP contribution in [-0.4, -0.2) is 52.6 Å². The number of rotatable bonds is 5. The molecule has 1 saturated heterocycles. The predicted octanol–water partition coefficient (Wildman–Crippen LogP) is 1.38. The van der Waals surface area contributed by atoms with Crippen molar-refractivity contribution in [3.05, 3.63) is 24.0 Å². The first kappa shape index (κ1) is 19.0. The number of hydrogen-bond donors (Lipinski definition) is 4. The maximum atomic E-state index is 12.2. The lowest BCUT2D eigenvalue weighted by Crippen LogP contribution is -2.44. The number of amides is 2. The van der Waals surface area contributed by atoms with Gasteiger partial charge in [-0.3, -0.25) is 9.59 Å². The molecule has 0 spiro atoms. The highest BCUT2D eigenvalue weighted by molar-refractivity contribution is 6.05. The number of nitrogens with zero attached hydrogens (tertiary/aromatic N) is 2. The van der Waals surface area contributed by atoms with E-state index in [9.17, 15) is 22.8 Å². The number of nitrogens with two attached hydrogens (primary N) is 1. The molecule has 3 heterocycles. The number of pyridine rings is 1. The maximum Gasteiger partial charge on any atom is 0.405 e. The van der Waals surface area contributed by atoms with Crippen molar-refractivity contribution in [2.24, 2.45) is 11.7 Å². The molecule has 2 aromatic heterocycles. The number of H-pyrrole nitrogens is 1. The molecule has 3 rings (SSSR count). The van der Waals surface area contributed by atoms with Crippen LogP contribution in [0.1, 0.15) is 23.2 Å². The van der Waals surface area contributed by atoms with Crippen LogP contribution in [0.5, 0.6) is 0 Å². The van der Waals surface area contributed by atoms with Crippen LogP contribution in [-0.2, 0) is 4.79 Å². The second-order valence-electron chi connectivity index (χ2n) is 6.36. The van der Waals surface area contributed by atoms with Crippen LogP contribution in [0, 0.1) is 5.92 Å². The van der Waals surface area contributed by atoms with E-state index >= 15 is 0 Å². The number of carbonyl (C=O) groups excluding carboxylic acids is 2. The van der Waals surface area contributed by atoms with Gasteiger partial charge in [-0.25, -0.2) is 9.99 Å². The van der Waals surface area contributed by atoms with Crippen molar-refractivity contribution in [2.75, 3.05) is 25.1 Å². The monoisotopic (exact) mass is 384 g/mol. The molecule has 11 heteroatoms. The van der Waals surface area contributed by atoms with Crippen molar-refractivity contribution in [1.29, 1.82) is 0 Å². The van der Waals surface area contributed by atoms with Gasteiger partial charge in [0.2, 0.25) is 5.91 Å². The summed E-state index contributed by atoms with van der Waals surface area (Å²) in [7, 11) is 0. The molecular weight excluding hydrogens is 365 g/mol. The summed E-state index contributed by atoms with van der Waals surface area (Å²) in [6, 6.07) is 1.76. The van der Waals surface area contributed by atoms with E-state index in [1.165, 1.54) is 6.20 Å². The molecule has 2 amide bonds. The molecule has 0 aromatic carbocycles. The molecule has 2 aromatic rings. The van der Waals surface area contributed by atoms with E-state index in [-0.39, 0.29) is 5.56 Å². The van der Waals surface area contributed by atoms with Gasteiger partial charge in [-0.15, -0.1) is 0 Å². The van der Waals surface area contributed by atoms with E-state index in [0.29, 0.717) is 42.7 Å². The SMILES string of the molecule is NC(=O)c1cnc2[nH]ccc2c1NN1CCC(C(=O)NCC(F)(F)F)CC1. The molecule has 5 N–H and O–H groups in total. The number of aromatic nitrogens is 2. The standard InChI is InChI=1S/C16H19F3N6O2/c17-16(18,19)8-23-15(27)9-2-5-25(6-3-9)24-12-10-1-4-21-14(10)22-7-11(12)13(20)26/h1,4,7,9H,2-3,5-6,8H2,(H2,20,26)(H,23,27)(H2,21,22,24). The van der Waals surface area contributed by atoms with Gasteiger partial charge in [-0.05, 0) is 18.9 Å². The van der Waals surface area contributed by atoms with Crippen LogP contribution < -0.4 is 16.5 Å². The summed E-state index contributed by atoms with van der Waals surface area (Å²) in [5.74, 6) is -1.71. The molecule has 1 aliphatic heterocycles. The number of piperidine rings is 1. The highest BCUT2D eigenvalue weighted by Crippen LogP contribution is 2.27. The van der Waals surface area contributed by atoms with Gasteiger partial charge in [-0.2, -0.15) is 13.2 Å². The Bertz CT molecular complexity index is 842. The van der Waals surface area contributed by atoms with Gasteiger partial charge in [-0.1, -0.05) is 0 Å². The summed E-state index contributed by atoms with van der Waals surface area (Å²) >= 11 is 0. The van der Waals surface area contributed by atoms with Crippen LogP contribution >= 0.6 is 0 Å². The van der Waals surface area contributed by atoms with Crippen molar-refractivity contribution in [1.82, 2.24) is 20.3 Å². The highest BCUT2D eigenvalue weighted by atomic mass is 19.4. The van der Waals surface area contributed by atoms with Crippen LogP contribution in [0.25, 0.3) is 11.0 Å². The van der Waals surface area contributed by atoms with E-state index in [4.69, 9.17) is 5.73 Å². The van der Waals surface area contributed by atoms with E-state index in [1.807, 2.05) is 10.3 Å². The molecule has 0 bridgehead atoms. The van der Waals surface area contributed by atoms with Crippen molar-refractivity contribution in [2.45, 2.75) is 19.0 Å². The Hall–Kier alpha value is -2.82. The van der Waals surface area contributed by atoms with E-state index < -0.39 is 30.5 Å². The summed E-state index contributed by atoms with van der Waals surface area (Å²) in [5.41, 5.74) is 9.88. The Balaban J connectivity index is 1.64. The normalized spacial score (nSPS) is 16.4. The molecule has 0 unspecified atom stereocenters. The molecule has 1 fully saturated rings. The summed E-state index contributed by atoms with van der Waals surface area (Å²) in [4.78, 5) is 30.6. The van der Waals surface area contributed by atoms with Crippen LogP contribution in [0.2, 0.25) is 0 Å². The second-order valence-corrected chi connectivity index (χ2v) is 6.36. The fourth-order valence-electron chi connectivity index (χ4n) is 3.06. The number of halogens is 3. The average Bonchev–Trinajstić information content (AvgIpc) is 3.09. The number of alkyl halides is 3. The third-order valence-corrected chi connectivity index (χ3v) is 4.45. The van der Waals surface area contributed by atoms with Crippen molar-refractivity contribution < 1.29 is 22.8 Å². The number of anilines is 1. The zero-order chi connectivity index (χ0) is 19.6. The number of nitrogens with one attached hydrogen (secondary N) is 3. The average molecular weight is 384 g/mol. The molecule has 1 aliphatic rings. The molecule has 0 aliphatic carbocycles. The van der Waals surface area contributed by atoms with E-state index in [0.717, 1.165) is 0 Å². The molecule has 146 valence electrons. The summed E-state index contributed by atoms with van der Waals surface area (Å²) in [5, 5.41) is 4.42. The smallest absolute Gasteiger partial charge is 0.365 e. The lowest BCUT2D eigenvalue weighted by Gasteiger charge is -2.32. The number of hydrazine groups is 1. The number of aromatic amines is 1. The number of carbonyl (C=O) groups is 2. The molecule has 27 heavy (non-hydrogen) atoms. The fraction of sp³-hybridized carbons (Fsp3) is 0.438. The first-order chi connectivity index (χ1) is 12.7. The maximum absolute atomic E-state index is 12.2. The molecule has 0 radical (unpaired) electrons. The lowest BCUT2D eigenvalue weighted by molar-refractivity contribution is -0.141. The minimum absolute atomic E-state index is 0.229. The summed E-state index contributed by atoms with van der Waals surface area (Å²) < 4.78 is 36.6. The zero-order valence-corrected chi connectivity index (χ0v) is 14.3. The van der Waals surface area contributed by atoms with Gasteiger partial charge in [0.1, 0.15) is 12.2 Å². The van der Waals surface area contributed by atoms with Crippen molar-refractivity contribution >= 4 is 28.5 Å². The Morgan fingerprint density at radius 2 is 2.04 bits per heavy atom. The van der Waals surface area contributed by atoms with Gasteiger partial charge >= 0.3 is 6.18 Å². The van der Waals surface area contributed by atoms with Gasteiger partial charge in [0.25, 0.3) is 5.91 Å². The first-order valence-electron chi connectivity index (χ1n) is 8.36. The summed E-state index contributed by atoms with van der Waals surface area (Å²) in [6.45, 7) is -0.470. The van der Waals surface area contributed by atoms with Crippen LogP contribution in [0.15, 0.2) is 18.5 Å². The highest BCUT2D eigenvalue weighted by Gasteiger charge is 2.31. The van der Waals surface area contributed by atoms with Crippen LogP contribution in [0.3, 0.4) is 0 Å². The molecule has 0 atom stereocenters. The Morgan fingerprint density at radius 1 is 1.33 bits per heavy atom. The quantitative estimate of drug-likeness (QED) is 0.622. The minimum Gasteiger partial charge on any atom is -0.365 e. The second kappa shape index (κ2) is 7.43. The number of fused-ring (bicyclic) bond motifs is 1. The Morgan fingerprint density at radius 3 is 2.67 bits per heavy atom. The Labute approximate surface area is 152 Å². The number of primary amides is 1. The van der Waals surface area contributed by atoms with Crippen LogP contribution in [0.4, 0.5) is 18.9 Å². The minimum atomic E-state index is -4.42. The predicted molar refractivity (Wildman–Crippen MR) is 91.6 cm³/mol. The van der Waals surface area contributed by atoms with Crippen molar-refractivity contribution in [3.63, 3.8) is 0 Å². The lowest BCUT2D eigenvalue weighted by atomic mass is 9.97. The zero-order valence-electron chi connectivity index (χ0n) is 14.3. The van der Waals surface area contributed by atoms with Gasteiger partial charge in [0.15, 0.2) is 0 Å². The third kappa shape index (κ3) is 4.48. The fourth-order valence-corrected chi connectivity index (χ4v) is 3.06. The van der Waals surface area contributed by atoms with Gasteiger partial charge in [0, 0.05) is 36.8 Å². The van der Waals surface area contributed by atoms with E-state index in [2.05, 4.69) is 15.4 Å². The van der Waals surface area contributed by atoms with Crippen molar-refractivity contribution in [3.8, 4) is 0 Å². The first-order valence-corrected chi connectivity index (χ1v) is 8.36. The molecule has 0 saturated carbocycles. The third-order valence-electron chi connectivity index (χ3n) is 4.45. The molecular formula is C16H19F3N6O2. The van der Waals surface area contributed by atoms with Gasteiger partial charge < -0.3 is 21.5 Å². The largest absolute Gasteiger partial charge is 0.405 e. The topological polar surface area (TPSA) is 116 Å². The van der Waals surface area contributed by atoms with Gasteiger partial charge in [0.05, 0.1) is 11.3 Å². The number of hydrogen-bond acceptors (Lipinski definition) is 5. The summed E-state index contributed by atoms with van der Waals surface area (Å²) in [6.07, 6.45) is -0.577. The molecule has 8 nitrogen and oxygen atoms in total. The Kier molecular flexibility index (Phi) is 5.22.